The lowest BCUT2D eigenvalue weighted by molar-refractivity contribution is 0.404. The van der Waals surface area contributed by atoms with Crippen molar-refractivity contribution in [3.05, 3.63) is 107 Å². The van der Waals surface area contributed by atoms with Gasteiger partial charge in [0.05, 0.1) is 17.3 Å². The minimum atomic E-state index is -1.04. The average molecular weight is 496 g/mol. The van der Waals surface area contributed by atoms with Crippen LogP contribution in [-0.4, -0.2) is 15.3 Å². The number of hydrogen-bond donors (Lipinski definition) is 1. The maximum atomic E-state index is 14.1. The van der Waals surface area contributed by atoms with E-state index in [4.69, 9.17) is 16.7 Å². The fraction of sp³-hybridized carbons (Fsp3) is 0.0800. The molecule has 1 atom stereocenters. The average Bonchev–Trinajstić information content (AvgIpc) is 3.31. The van der Waals surface area contributed by atoms with Crippen molar-refractivity contribution < 1.29 is 22.1 Å². The van der Waals surface area contributed by atoms with E-state index >= 15 is 0 Å². The number of rotatable bonds is 4. The standard InChI is InChI=1S/C25H16F4N4OS/c1-13-21(24-31-23(32-34-24)14-5-7-16(26)8-6-14)22(15-3-2-4-17(27)11-15)30-25(35)33(13)18-9-10-19(28)20(29)12-18/h2-12,22H,1H3,(H,30,35). The molecule has 4 aromatic rings. The van der Waals surface area contributed by atoms with Crippen LogP contribution in [0.2, 0.25) is 0 Å². The Labute approximate surface area is 202 Å². The zero-order valence-electron chi connectivity index (χ0n) is 18.1. The van der Waals surface area contributed by atoms with Crippen LogP contribution in [0.3, 0.4) is 0 Å². The van der Waals surface area contributed by atoms with Crippen molar-refractivity contribution in [2.45, 2.75) is 13.0 Å². The summed E-state index contributed by atoms with van der Waals surface area (Å²) in [5, 5.41) is 7.31. The molecule has 0 radical (unpaired) electrons. The van der Waals surface area contributed by atoms with E-state index in [1.807, 2.05) is 0 Å². The molecule has 2 heterocycles. The highest BCUT2D eigenvalue weighted by Crippen LogP contribution is 2.39. The van der Waals surface area contributed by atoms with E-state index in [2.05, 4.69) is 15.5 Å². The molecule has 5 nitrogen and oxygen atoms in total. The minimum absolute atomic E-state index is 0.0960. The van der Waals surface area contributed by atoms with E-state index in [1.54, 1.807) is 19.1 Å². The number of hydrogen-bond acceptors (Lipinski definition) is 4. The number of nitrogens with zero attached hydrogens (tertiary/aromatic N) is 3. The van der Waals surface area contributed by atoms with Crippen LogP contribution in [0, 0.1) is 23.3 Å². The van der Waals surface area contributed by atoms with E-state index in [0.717, 1.165) is 12.1 Å². The van der Waals surface area contributed by atoms with Gasteiger partial charge in [-0.2, -0.15) is 4.98 Å². The highest BCUT2D eigenvalue weighted by Gasteiger charge is 2.35. The second-order valence-corrected chi connectivity index (χ2v) is 8.19. The Balaban J connectivity index is 1.66. The molecule has 3 aromatic carbocycles. The van der Waals surface area contributed by atoms with Gasteiger partial charge in [-0.25, -0.2) is 17.6 Å². The van der Waals surface area contributed by atoms with Crippen LogP contribution in [0.1, 0.15) is 24.4 Å². The quantitative estimate of drug-likeness (QED) is 0.270. The normalized spacial score (nSPS) is 16.0. The van der Waals surface area contributed by atoms with Crippen LogP contribution in [0.25, 0.3) is 17.0 Å². The lowest BCUT2D eigenvalue weighted by atomic mass is 9.94. The number of allylic oxidation sites excluding steroid dienone is 1. The first-order valence-corrected chi connectivity index (χ1v) is 10.8. The third-order valence-electron chi connectivity index (χ3n) is 5.59. The van der Waals surface area contributed by atoms with Crippen LogP contribution < -0.4 is 10.2 Å². The molecule has 1 aromatic heterocycles. The topological polar surface area (TPSA) is 54.2 Å². The van der Waals surface area contributed by atoms with E-state index in [-0.39, 0.29) is 22.5 Å². The number of halogens is 4. The summed E-state index contributed by atoms with van der Waals surface area (Å²) < 4.78 is 60.6. The Morgan fingerprint density at radius 1 is 0.914 bits per heavy atom. The molecule has 35 heavy (non-hydrogen) atoms. The fourth-order valence-corrected chi connectivity index (χ4v) is 4.30. The smallest absolute Gasteiger partial charge is 0.258 e. The molecule has 0 aliphatic carbocycles. The summed E-state index contributed by atoms with van der Waals surface area (Å²) in [7, 11) is 0. The first-order chi connectivity index (χ1) is 16.8. The Morgan fingerprint density at radius 2 is 1.69 bits per heavy atom. The molecule has 10 heteroatoms. The van der Waals surface area contributed by atoms with Crippen molar-refractivity contribution >= 4 is 28.6 Å². The molecule has 0 bridgehead atoms. The van der Waals surface area contributed by atoms with Gasteiger partial charge in [0.1, 0.15) is 11.6 Å². The van der Waals surface area contributed by atoms with E-state index in [9.17, 15) is 17.6 Å². The van der Waals surface area contributed by atoms with Gasteiger partial charge in [0.25, 0.3) is 5.89 Å². The number of aromatic nitrogens is 2. The molecule has 1 N–H and O–H groups in total. The van der Waals surface area contributed by atoms with Gasteiger partial charge in [0, 0.05) is 17.3 Å². The van der Waals surface area contributed by atoms with Gasteiger partial charge in [-0.1, -0.05) is 17.3 Å². The maximum absolute atomic E-state index is 14.1. The summed E-state index contributed by atoms with van der Waals surface area (Å²) in [5.74, 6) is -2.58. The summed E-state index contributed by atoms with van der Waals surface area (Å²) in [6.07, 6.45) is 0. The zero-order valence-corrected chi connectivity index (χ0v) is 18.9. The van der Waals surface area contributed by atoms with Crippen molar-refractivity contribution in [2.24, 2.45) is 0 Å². The van der Waals surface area contributed by atoms with E-state index in [1.165, 1.54) is 47.4 Å². The molecular weight excluding hydrogens is 480 g/mol. The van der Waals surface area contributed by atoms with Crippen molar-refractivity contribution in [2.75, 3.05) is 4.90 Å². The predicted molar refractivity (Wildman–Crippen MR) is 126 cm³/mol. The second-order valence-electron chi connectivity index (χ2n) is 7.80. The van der Waals surface area contributed by atoms with Crippen LogP contribution >= 0.6 is 12.2 Å². The Morgan fingerprint density at radius 3 is 2.40 bits per heavy atom. The number of thiocarbonyl (C=S) groups is 1. The lowest BCUT2D eigenvalue weighted by Gasteiger charge is -2.37. The van der Waals surface area contributed by atoms with E-state index < -0.39 is 29.3 Å². The molecule has 176 valence electrons. The van der Waals surface area contributed by atoms with Gasteiger partial charge in [-0.15, -0.1) is 0 Å². The monoisotopic (exact) mass is 496 g/mol. The third-order valence-corrected chi connectivity index (χ3v) is 5.89. The molecule has 0 spiro atoms. The van der Waals surface area contributed by atoms with Crippen molar-refractivity contribution in [1.29, 1.82) is 0 Å². The maximum Gasteiger partial charge on any atom is 0.258 e. The fourth-order valence-electron chi connectivity index (χ4n) is 3.94. The van der Waals surface area contributed by atoms with E-state index in [0.29, 0.717) is 22.4 Å². The van der Waals surface area contributed by atoms with Gasteiger partial charge >= 0.3 is 0 Å². The number of nitrogens with one attached hydrogen (secondary N) is 1. The second kappa shape index (κ2) is 8.95. The van der Waals surface area contributed by atoms with Crippen molar-refractivity contribution in [1.82, 2.24) is 15.5 Å². The van der Waals surface area contributed by atoms with Crippen molar-refractivity contribution in [3.8, 4) is 11.4 Å². The van der Waals surface area contributed by atoms with Crippen LogP contribution in [0.15, 0.2) is 77.0 Å². The summed E-state index contributed by atoms with van der Waals surface area (Å²) >= 11 is 5.54. The lowest BCUT2D eigenvalue weighted by Crippen LogP contribution is -2.46. The van der Waals surface area contributed by atoms with Crippen LogP contribution in [0.5, 0.6) is 0 Å². The predicted octanol–water partition coefficient (Wildman–Crippen LogP) is 6.16. The minimum Gasteiger partial charge on any atom is -0.351 e. The van der Waals surface area contributed by atoms with Gasteiger partial charge in [-0.05, 0) is 73.2 Å². The molecule has 0 saturated carbocycles. The van der Waals surface area contributed by atoms with Crippen LogP contribution in [-0.2, 0) is 0 Å². The SMILES string of the molecule is CC1=C(c2nc(-c3ccc(F)cc3)no2)C(c2cccc(F)c2)NC(=S)N1c1ccc(F)c(F)c1. The summed E-state index contributed by atoms with van der Waals surface area (Å²) in [4.78, 5) is 5.98. The molecule has 0 amide bonds. The molecule has 0 saturated heterocycles. The molecule has 0 fully saturated rings. The Kier molecular flexibility index (Phi) is 5.81. The highest BCUT2D eigenvalue weighted by molar-refractivity contribution is 7.80. The molecule has 1 aliphatic rings. The van der Waals surface area contributed by atoms with Gasteiger partial charge in [-0.3, -0.25) is 4.90 Å². The largest absolute Gasteiger partial charge is 0.351 e. The zero-order chi connectivity index (χ0) is 24.7. The van der Waals surface area contributed by atoms with Crippen LogP contribution in [0.4, 0.5) is 23.2 Å². The summed E-state index contributed by atoms with van der Waals surface area (Å²) in [5.41, 5.74) is 2.28. The highest BCUT2D eigenvalue weighted by atomic mass is 32.1. The van der Waals surface area contributed by atoms with Gasteiger partial charge in [0.15, 0.2) is 16.7 Å². The number of benzene rings is 3. The molecule has 5 rings (SSSR count). The Hall–Kier alpha value is -4.05. The molecular formula is C25H16F4N4OS. The summed E-state index contributed by atoms with van der Waals surface area (Å²) in [6, 6.07) is 14.2. The number of anilines is 1. The summed E-state index contributed by atoms with van der Waals surface area (Å²) in [6.45, 7) is 1.71. The van der Waals surface area contributed by atoms with Crippen molar-refractivity contribution in [3.63, 3.8) is 0 Å². The first kappa shape index (κ1) is 22.7. The Bertz CT molecular complexity index is 1470. The molecule has 1 aliphatic heterocycles. The molecule has 1 unspecified atom stereocenters. The van der Waals surface area contributed by atoms with Gasteiger partial charge < -0.3 is 9.84 Å². The first-order valence-electron chi connectivity index (χ1n) is 10.4. The van der Waals surface area contributed by atoms with Gasteiger partial charge in [0.2, 0.25) is 5.82 Å². The third kappa shape index (κ3) is 4.28.